The molecule has 0 unspecified atom stereocenters. The van der Waals surface area contributed by atoms with Gasteiger partial charge in [0.25, 0.3) is 5.91 Å². The number of alkyl halides is 3. The lowest BCUT2D eigenvalue weighted by molar-refractivity contribution is -0.138. The van der Waals surface area contributed by atoms with Gasteiger partial charge in [-0.05, 0) is 18.2 Å². The Balaban J connectivity index is 3.14. The molecule has 0 spiro atoms. The molecule has 0 bridgehead atoms. The molecule has 0 aliphatic heterocycles. The fraction of sp³-hybridized carbons (Fsp3) is 0.273. The molecule has 0 aromatic heterocycles. The van der Waals surface area contributed by atoms with E-state index in [9.17, 15) is 18.0 Å². The first kappa shape index (κ1) is 14.5. The predicted octanol–water partition coefficient (Wildman–Crippen LogP) is 3.06. The molecule has 7 heteroatoms. The topological polar surface area (TPSA) is 44.1 Å². The molecule has 1 rings (SSSR count). The Morgan fingerprint density at radius 2 is 2.11 bits per heavy atom. The third kappa shape index (κ3) is 3.23. The van der Waals surface area contributed by atoms with Crippen molar-refractivity contribution < 1.29 is 18.0 Å². The number of hydrogen-bond acceptors (Lipinski definition) is 2. The summed E-state index contributed by atoms with van der Waals surface area (Å²) in [4.78, 5) is 12.8. The van der Waals surface area contributed by atoms with E-state index in [0.29, 0.717) is 0 Å². The van der Waals surface area contributed by atoms with Crippen LogP contribution in [-0.2, 0) is 6.18 Å². The van der Waals surface area contributed by atoms with Gasteiger partial charge in [-0.1, -0.05) is 15.9 Å². The monoisotopic (exact) mass is 320 g/mol. The van der Waals surface area contributed by atoms with Crippen LogP contribution < -0.4 is 0 Å². The smallest absolute Gasteiger partial charge is 0.328 e. The Morgan fingerprint density at radius 1 is 1.50 bits per heavy atom. The number of nitrogens with zero attached hydrogens (tertiary/aromatic N) is 2. The Labute approximate surface area is 110 Å². The second kappa shape index (κ2) is 5.40. The van der Waals surface area contributed by atoms with Crippen LogP contribution in [0.4, 0.5) is 13.2 Å². The number of hydrogen-bond donors (Lipinski definition) is 0. The van der Waals surface area contributed by atoms with Gasteiger partial charge in [0.2, 0.25) is 0 Å². The molecule has 0 saturated heterocycles. The fourth-order valence-electron chi connectivity index (χ4n) is 1.27. The van der Waals surface area contributed by atoms with Gasteiger partial charge in [-0.15, -0.1) is 0 Å². The number of halogens is 4. The van der Waals surface area contributed by atoms with E-state index >= 15 is 0 Å². The van der Waals surface area contributed by atoms with E-state index in [0.717, 1.165) is 17.0 Å². The molecular weight excluding hydrogens is 313 g/mol. The molecule has 1 aromatic carbocycles. The van der Waals surface area contributed by atoms with Gasteiger partial charge in [-0.2, -0.15) is 18.4 Å². The van der Waals surface area contributed by atoms with Crippen LogP contribution in [0.15, 0.2) is 22.7 Å². The number of carbonyl (C=O) groups is 1. The Bertz CT molecular complexity index is 508. The maximum atomic E-state index is 12.6. The van der Waals surface area contributed by atoms with Crippen molar-refractivity contribution in [3.63, 3.8) is 0 Å². The van der Waals surface area contributed by atoms with Crippen molar-refractivity contribution >= 4 is 21.8 Å². The van der Waals surface area contributed by atoms with Crippen molar-refractivity contribution in [3.05, 3.63) is 33.8 Å². The molecule has 0 saturated carbocycles. The van der Waals surface area contributed by atoms with Gasteiger partial charge in [-0.3, -0.25) is 4.79 Å². The number of nitriles is 1. The summed E-state index contributed by atoms with van der Waals surface area (Å²) in [6, 6.07) is 4.95. The first-order chi connectivity index (χ1) is 8.27. The van der Waals surface area contributed by atoms with Crippen LogP contribution in [0.3, 0.4) is 0 Å². The van der Waals surface area contributed by atoms with Crippen molar-refractivity contribution in [1.82, 2.24) is 4.90 Å². The Morgan fingerprint density at radius 3 is 2.61 bits per heavy atom. The zero-order valence-electron chi connectivity index (χ0n) is 9.25. The number of amides is 1. The molecule has 1 aromatic rings. The van der Waals surface area contributed by atoms with Gasteiger partial charge in [0.15, 0.2) is 0 Å². The lowest BCUT2D eigenvalue weighted by Crippen LogP contribution is -2.27. The zero-order chi connectivity index (χ0) is 13.9. The Kier molecular flexibility index (Phi) is 4.35. The highest BCUT2D eigenvalue weighted by atomic mass is 79.9. The fourth-order valence-corrected chi connectivity index (χ4v) is 1.75. The third-order valence-electron chi connectivity index (χ3n) is 2.17. The van der Waals surface area contributed by atoms with E-state index in [1.165, 1.54) is 13.1 Å². The summed E-state index contributed by atoms with van der Waals surface area (Å²) < 4.78 is 37.8. The van der Waals surface area contributed by atoms with E-state index in [-0.39, 0.29) is 16.6 Å². The Hall–Kier alpha value is -1.55. The van der Waals surface area contributed by atoms with Crippen molar-refractivity contribution in [2.75, 3.05) is 13.6 Å². The van der Waals surface area contributed by atoms with Gasteiger partial charge in [0.1, 0.15) is 6.54 Å². The quantitative estimate of drug-likeness (QED) is 0.786. The van der Waals surface area contributed by atoms with E-state index in [1.54, 1.807) is 6.07 Å². The molecule has 1 amide bonds. The highest BCUT2D eigenvalue weighted by Gasteiger charge is 2.33. The second-order valence-electron chi connectivity index (χ2n) is 3.51. The average molecular weight is 321 g/mol. The molecular formula is C11H8BrF3N2O. The molecule has 0 atom stereocenters. The first-order valence-electron chi connectivity index (χ1n) is 4.76. The van der Waals surface area contributed by atoms with Crippen LogP contribution in [0.25, 0.3) is 0 Å². The third-order valence-corrected chi connectivity index (χ3v) is 2.86. The van der Waals surface area contributed by atoms with Crippen molar-refractivity contribution in [1.29, 1.82) is 5.26 Å². The SMILES string of the molecule is CN(CC#N)C(=O)c1ccc(Br)c(C(F)(F)F)c1. The largest absolute Gasteiger partial charge is 0.417 e. The van der Waals surface area contributed by atoms with Gasteiger partial charge < -0.3 is 4.90 Å². The summed E-state index contributed by atoms with van der Waals surface area (Å²) in [5.74, 6) is -0.630. The summed E-state index contributed by atoms with van der Waals surface area (Å²) in [5.41, 5.74) is -1.03. The van der Waals surface area contributed by atoms with E-state index < -0.39 is 17.6 Å². The highest BCUT2D eigenvalue weighted by Crippen LogP contribution is 2.35. The summed E-state index contributed by atoms with van der Waals surface area (Å²) in [7, 11) is 1.35. The number of rotatable bonds is 2. The molecule has 0 fully saturated rings. The standard InChI is InChI=1S/C11H8BrF3N2O/c1-17(5-4-16)10(18)7-2-3-9(12)8(6-7)11(13,14)15/h2-3,6H,5H2,1H3. The molecule has 0 aliphatic rings. The maximum Gasteiger partial charge on any atom is 0.417 e. The lowest BCUT2D eigenvalue weighted by atomic mass is 10.1. The number of carbonyl (C=O) groups excluding carboxylic acids is 1. The van der Waals surface area contributed by atoms with Crippen LogP contribution in [0.1, 0.15) is 15.9 Å². The van der Waals surface area contributed by atoms with Crippen LogP contribution in [0.5, 0.6) is 0 Å². The second-order valence-corrected chi connectivity index (χ2v) is 4.37. The van der Waals surface area contributed by atoms with E-state index in [2.05, 4.69) is 15.9 Å². The van der Waals surface area contributed by atoms with Crippen molar-refractivity contribution in [2.24, 2.45) is 0 Å². The van der Waals surface area contributed by atoms with Crippen LogP contribution >= 0.6 is 15.9 Å². The maximum absolute atomic E-state index is 12.6. The molecule has 0 N–H and O–H groups in total. The van der Waals surface area contributed by atoms with E-state index in [4.69, 9.17) is 5.26 Å². The first-order valence-corrected chi connectivity index (χ1v) is 5.56. The summed E-state index contributed by atoms with van der Waals surface area (Å²) in [6.45, 7) is -0.184. The molecule has 0 aliphatic carbocycles. The van der Waals surface area contributed by atoms with Crippen LogP contribution in [-0.4, -0.2) is 24.4 Å². The minimum atomic E-state index is -4.54. The van der Waals surface area contributed by atoms with Gasteiger partial charge in [0.05, 0.1) is 11.6 Å². The van der Waals surface area contributed by atoms with Gasteiger partial charge in [-0.25, -0.2) is 0 Å². The normalized spacial score (nSPS) is 10.9. The van der Waals surface area contributed by atoms with Gasteiger partial charge >= 0.3 is 6.18 Å². The minimum absolute atomic E-state index is 0.108. The highest BCUT2D eigenvalue weighted by molar-refractivity contribution is 9.10. The predicted molar refractivity (Wildman–Crippen MR) is 61.7 cm³/mol. The lowest BCUT2D eigenvalue weighted by Gasteiger charge is -2.15. The van der Waals surface area contributed by atoms with Crippen LogP contribution in [0.2, 0.25) is 0 Å². The molecule has 96 valence electrons. The summed E-state index contributed by atoms with van der Waals surface area (Å²) in [6.07, 6.45) is -4.54. The number of benzene rings is 1. The molecule has 18 heavy (non-hydrogen) atoms. The van der Waals surface area contributed by atoms with Crippen LogP contribution in [0, 0.1) is 11.3 Å². The molecule has 3 nitrogen and oxygen atoms in total. The summed E-state index contributed by atoms with van der Waals surface area (Å²) in [5, 5.41) is 8.43. The van der Waals surface area contributed by atoms with Crippen molar-refractivity contribution in [3.8, 4) is 6.07 Å². The molecule has 0 heterocycles. The van der Waals surface area contributed by atoms with Crippen molar-refractivity contribution in [2.45, 2.75) is 6.18 Å². The zero-order valence-corrected chi connectivity index (χ0v) is 10.8. The average Bonchev–Trinajstić information content (AvgIpc) is 2.27. The van der Waals surface area contributed by atoms with Gasteiger partial charge in [0, 0.05) is 17.1 Å². The molecule has 0 radical (unpaired) electrons. The minimum Gasteiger partial charge on any atom is -0.328 e. The summed E-state index contributed by atoms with van der Waals surface area (Å²) >= 11 is 2.79. The van der Waals surface area contributed by atoms with E-state index in [1.807, 2.05) is 0 Å².